The van der Waals surface area contributed by atoms with Crippen molar-refractivity contribution < 1.29 is 44.7 Å². The first-order chi connectivity index (χ1) is 11.4. The first-order valence-corrected chi connectivity index (χ1v) is 10.5. The monoisotopic (exact) mass is 411 g/mol. The van der Waals surface area contributed by atoms with Crippen LogP contribution in [0.5, 0.6) is 0 Å². The van der Waals surface area contributed by atoms with Gasteiger partial charge >= 0.3 is 30.2 Å². The molecule has 0 fully saturated rings. The molecule has 1 amide bonds. The van der Waals surface area contributed by atoms with E-state index in [4.69, 9.17) is 0 Å². The van der Waals surface area contributed by atoms with E-state index in [1.807, 2.05) is 0 Å². The fourth-order valence-corrected chi connectivity index (χ4v) is 3.89. The van der Waals surface area contributed by atoms with Gasteiger partial charge in [-0.2, -0.15) is 17.6 Å². The Hall–Kier alpha value is -1.79. The third kappa shape index (κ3) is 3.28. The summed E-state index contributed by atoms with van der Waals surface area (Å²) in [6.07, 6.45) is -5.18. The Bertz CT molecular complexity index is 724. The Labute approximate surface area is 143 Å². The highest BCUT2D eigenvalue weighted by molar-refractivity contribution is 6.88. The molecule has 0 aromatic carbocycles. The quantitative estimate of drug-likeness (QED) is 0.311. The van der Waals surface area contributed by atoms with Gasteiger partial charge < -0.3 is 4.57 Å². The van der Waals surface area contributed by atoms with Gasteiger partial charge in [-0.15, -0.1) is 8.78 Å². The minimum Gasteiger partial charge on any atom is -0.344 e. The van der Waals surface area contributed by atoms with Gasteiger partial charge in [0, 0.05) is 17.3 Å². The van der Waals surface area contributed by atoms with Crippen LogP contribution in [0.1, 0.15) is 10.5 Å². The molecular weight excluding hydrogens is 396 g/mol. The molecule has 0 aliphatic carbocycles. The normalized spacial score (nSPS) is 14.0. The van der Waals surface area contributed by atoms with Crippen molar-refractivity contribution in [2.45, 2.75) is 44.0 Å². The number of hydrogen-bond acceptors (Lipinski definition) is 2. The summed E-state index contributed by atoms with van der Waals surface area (Å²) in [5.41, 5.74) is -0.770. The minimum atomic E-state index is -6.79. The summed E-state index contributed by atoms with van der Waals surface area (Å²) < 4.78 is 102. The molecule has 13 heteroatoms. The van der Waals surface area contributed by atoms with Crippen LogP contribution < -0.4 is 5.32 Å². The number of nitrogens with zero attached hydrogens (tertiary/aromatic N) is 2. The number of nitroso groups, excluding NO2 is 1. The number of carbonyl (C=O) groups is 1. The lowest BCUT2D eigenvalue weighted by Crippen LogP contribution is -2.62. The van der Waals surface area contributed by atoms with Crippen LogP contribution in [-0.4, -0.2) is 47.6 Å². The van der Waals surface area contributed by atoms with Gasteiger partial charge in [0.2, 0.25) is 0 Å². The Morgan fingerprint density at radius 3 is 1.88 bits per heavy atom. The summed E-state index contributed by atoms with van der Waals surface area (Å²) in [7, 11) is -0.937. The minimum absolute atomic E-state index is 0.474. The van der Waals surface area contributed by atoms with Crippen LogP contribution in [0.2, 0.25) is 19.6 Å². The molecule has 0 unspecified atom stereocenters. The lowest BCUT2D eigenvalue weighted by atomic mass is 10.1. The van der Waals surface area contributed by atoms with Crippen molar-refractivity contribution in [2.75, 3.05) is 0 Å². The van der Waals surface area contributed by atoms with Gasteiger partial charge in [-0.25, -0.2) is 13.6 Å². The first kappa shape index (κ1) is 22.2. The summed E-state index contributed by atoms with van der Waals surface area (Å²) in [6, 6.07) is -4.22. The second-order valence-electron chi connectivity index (χ2n) is 6.55. The molecule has 0 aliphatic rings. The molecule has 0 saturated heterocycles. The van der Waals surface area contributed by atoms with Crippen LogP contribution in [0.25, 0.3) is 0 Å². The summed E-state index contributed by atoms with van der Waals surface area (Å²) in [5, 5.41) is 0.474. The van der Waals surface area contributed by atoms with E-state index >= 15 is 0 Å². The number of alkyl halides is 8. The molecule has 1 aromatic heterocycles. The zero-order chi connectivity index (χ0) is 20.9. The zero-order valence-corrected chi connectivity index (χ0v) is 15.0. The SMILES string of the molecule is Cn1c(C(=O)[N+](=O)C(F)(F)C(F)(F)C(F)(F)C(F)F)ccc1[Si](C)(C)C. The van der Waals surface area contributed by atoms with Crippen LogP contribution in [-0.2, 0) is 7.05 Å². The van der Waals surface area contributed by atoms with Gasteiger partial charge in [0.05, 0.1) is 8.07 Å². The van der Waals surface area contributed by atoms with E-state index in [1.165, 1.54) is 13.1 Å². The Kier molecular flexibility index (Phi) is 5.50. The van der Waals surface area contributed by atoms with Gasteiger partial charge in [-0.1, -0.05) is 19.6 Å². The molecule has 0 radical (unpaired) electrons. The fraction of sp³-hybridized carbons (Fsp3) is 0.615. The molecule has 148 valence electrons. The van der Waals surface area contributed by atoms with Gasteiger partial charge in [-0.05, 0) is 12.1 Å². The maximum Gasteiger partial charge on any atom is 0.582 e. The number of amides is 1. The number of carbonyl (C=O) groups excluding carboxylic acids is 1. The van der Waals surface area contributed by atoms with Crippen LogP contribution >= 0.6 is 0 Å². The molecule has 1 aromatic rings. The highest BCUT2D eigenvalue weighted by Crippen LogP contribution is 2.48. The van der Waals surface area contributed by atoms with Gasteiger partial charge in [0.15, 0.2) is 10.5 Å². The molecule has 0 atom stereocenters. The van der Waals surface area contributed by atoms with E-state index < -0.39 is 48.8 Å². The second kappa shape index (κ2) is 6.42. The molecule has 0 aliphatic heterocycles. The third-order valence-electron chi connectivity index (χ3n) is 3.62. The van der Waals surface area contributed by atoms with E-state index in [-0.39, 0.29) is 0 Å². The van der Waals surface area contributed by atoms with Crippen molar-refractivity contribution in [1.29, 1.82) is 0 Å². The van der Waals surface area contributed by atoms with Gasteiger partial charge in [0.25, 0.3) is 0 Å². The van der Waals surface area contributed by atoms with Gasteiger partial charge in [0.1, 0.15) is 0 Å². The molecule has 4 nitrogen and oxygen atoms in total. The molecule has 26 heavy (non-hydrogen) atoms. The third-order valence-corrected chi connectivity index (χ3v) is 5.66. The Morgan fingerprint density at radius 1 is 1.08 bits per heavy atom. The van der Waals surface area contributed by atoms with E-state index in [0.29, 0.717) is 5.32 Å². The lowest BCUT2D eigenvalue weighted by Gasteiger charge is -2.25. The van der Waals surface area contributed by atoms with Crippen LogP contribution in [0.4, 0.5) is 35.1 Å². The van der Waals surface area contributed by atoms with Gasteiger partial charge in [-0.3, -0.25) is 0 Å². The van der Waals surface area contributed by atoms with Crippen LogP contribution in [0.3, 0.4) is 0 Å². The van der Waals surface area contributed by atoms with Crippen molar-refractivity contribution in [3.8, 4) is 0 Å². The largest absolute Gasteiger partial charge is 0.582 e. The number of rotatable bonds is 6. The maximum atomic E-state index is 13.6. The Morgan fingerprint density at radius 2 is 1.54 bits per heavy atom. The molecule has 1 heterocycles. The number of hydrogen-bond donors (Lipinski definition) is 0. The zero-order valence-electron chi connectivity index (χ0n) is 14.0. The van der Waals surface area contributed by atoms with Crippen molar-refractivity contribution in [2.24, 2.45) is 7.05 Å². The highest BCUT2D eigenvalue weighted by atomic mass is 28.3. The molecule has 0 spiro atoms. The number of aromatic nitrogens is 1. The predicted octanol–water partition coefficient (Wildman–Crippen LogP) is 3.62. The van der Waals surface area contributed by atoms with Crippen molar-refractivity contribution >= 4 is 19.3 Å². The summed E-state index contributed by atoms with van der Waals surface area (Å²) in [5.74, 6) is -15.6. The highest BCUT2D eigenvalue weighted by Gasteiger charge is 2.85. The second-order valence-corrected chi connectivity index (χ2v) is 11.6. The van der Waals surface area contributed by atoms with E-state index in [0.717, 1.165) is 10.6 Å². The summed E-state index contributed by atoms with van der Waals surface area (Å²) >= 11 is 0. The summed E-state index contributed by atoms with van der Waals surface area (Å²) in [4.78, 5) is 23.3. The molecular formula is C13H15F8N2O2Si+. The van der Waals surface area contributed by atoms with Crippen molar-refractivity contribution in [3.63, 3.8) is 0 Å². The smallest absolute Gasteiger partial charge is 0.344 e. The number of halogens is 8. The first-order valence-electron chi connectivity index (χ1n) is 7.00. The molecule has 0 saturated carbocycles. The van der Waals surface area contributed by atoms with E-state index in [2.05, 4.69) is 0 Å². The molecule has 0 N–H and O–H groups in total. The van der Waals surface area contributed by atoms with E-state index in [1.54, 1.807) is 19.6 Å². The molecule has 1 rings (SSSR count). The van der Waals surface area contributed by atoms with Crippen LogP contribution in [0.15, 0.2) is 12.1 Å². The average molecular weight is 411 g/mol. The van der Waals surface area contributed by atoms with E-state index in [9.17, 15) is 44.8 Å². The standard InChI is InChI=1S/C13H15F8N2O2Si/c1-22-7(5-6-8(22)26(2,3)4)9(24)23(25)13(20,21)12(18,19)11(16,17)10(14)15/h5-6,10H,1-4H3/q+1. The molecule has 0 bridgehead atoms. The van der Waals surface area contributed by atoms with Crippen LogP contribution in [0, 0.1) is 4.91 Å². The lowest BCUT2D eigenvalue weighted by molar-refractivity contribution is -0.663. The summed E-state index contributed by atoms with van der Waals surface area (Å²) in [6.45, 7) is 5.37. The maximum absolute atomic E-state index is 13.6. The van der Waals surface area contributed by atoms with Crippen molar-refractivity contribution in [1.82, 2.24) is 4.57 Å². The topological polar surface area (TPSA) is 42.1 Å². The van der Waals surface area contributed by atoms with Crippen molar-refractivity contribution in [3.05, 3.63) is 22.7 Å². The Balaban J connectivity index is 3.35. The average Bonchev–Trinajstić information content (AvgIpc) is 2.86. The predicted molar refractivity (Wildman–Crippen MR) is 77.2 cm³/mol. The fourth-order valence-electron chi connectivity index (χ4n) is 2.18.